The number of methoxy groups -OCH3 is 1. The third-order valence-electron chi connectivity index (χ3n) is 9.39. The Hall–Kier alpha value is -5.02. The number of aryl methyl sites for hydroxylation is 1. The molecule has 1 aromatic carbocycles. The number of carbonyl (C=O) groups excluding carboxylic acids is 1. The predicted molar refractivity (Wildman–Crippen MR) is 169 cm³/mol. The second kappa shape index (κ2) is 12.7. The zero-order valence-corrected chi connectivity index (χ0v) is 27.4. The van der Waals surface area contributed by atoms with Crippen molar-refractivity contribution in [2.45, 2.75) is 57.7 Å². The van der Waals surface area contributed by atoms with Gasteiger partial charge in [0.2, 0.25) is 0 Å². The van der Waals surface area contributed by atoms with Gasteiger partial charge < -0.3 is 19.5 Å². The molecule has 3 aliphatic rings. The summed E-state index contributed by atoms with van der Waals surface area (Å²) in [5, 5.41) is 14.1. The fourth-order valence-electron chi connectivity index (χ4n) is 6.59. The fourth-order valence-corrected chi connectivity index (χ4v) is 6.59. The minimum atomic E-state index is -5.00. The van der Waals surface area contributed by atoms with Crippen molar-refractivity contribution in [3.8, 4) is 28.1 Å². The van der Waals surface area contributed by atoms with E-state index in [1.165, 1.54) is 30.7 Å². The average Bonchev–Trinajstić information content (AvgIpc) is 3.48. The van der Waals surface area contributed by atoms with Gasteiger partial charge in [-0.3, -0.25) is 9.58 Å². The summed E-state index contributed by atoms with van der Waals surface area (Å²) in [6.45, 7) is 4.45. The third kappa shape index (κ3) is 6.38. The molecule has 0 radical (unpaired) electrons. The lowest BCUT2D eigenvalue weighted by Crippen LogP contribution is -2.38. The molecule has 1 aliphatic carbocycles. The number of aromatic carboxylic acids is 1. The number of carbonyl (C=O) groups is 2. The molecule has 2 fully saturated rings. The smallest absolute Gasteiger partial charge is 0.412 e. The molecule has 10 nitrogen and oxygen atoms in total. The summed E-state index contributed by atoms with van der Waals surface area (Å²) in [6.07, 6.45) is -11.2. The predicted octanol–water partition coefficient (Wildman–Crippen LogP) is 7.08. The van der Waals surface area contributed by atoms with Crippen molar-refractivity contribution in [2.24, 2.45) is 13.0 Å². The molecule has 0 spiro atoms. The van der Waals surface area contributed by atoms with Gasteiger partial charge in [0.1, 0.15) is 23.4 Å². The standard InChI is InChI=1S/C34H33F6N5O5/c1-17-28(42-43(3)29(17)31(46)47)19-6-8-26(49-4)24(14-19)23-7-9-27(44-10-5-11-44)41-25(23)16-45-18(2)30(50-32(45)48)20-12-21(33(35,36)37)15-22(13-20)34(38,39)40/h6-9,12-14,18,21,30H,5,10-11,15-16H2,1-4H3,(H,46,47)/t18-,21?,30-/m0/s1. The number of cyclic esters (lactones) is 1. The van der Waals surface area contributed by atoms with E-state index in [4.69, 9.17) is 14.5 Å². The van der Waals surface area contributed by atoms with Crippen LogP contribution in [0.2, 0.25) is 0 Å². The zero-order valence-electron chi connectivity index (χ0n) is 27.4. The van der Waals surface area contributed by atoms with Gasteiger partial charge in [-0.2, -0.15) is 31.4 Å². The Kier molecular flexibility index (Phi) is 8.85. The summed E-state index contributed by atoms with van der Waals surface area (Å²) < 4.78 is 94.6. The lowest BCUT2D eigenvalue weighted by molar-refractivity contribution is -0.166. The summed E-state index contributed by atoms with van der Waals surface area (Å²) in [4.78, 5) is 33.3. The summed E-state index contributed by atoms with van der Waals surface area (Å²) >= 11 is 0. The molecule has 2 aromatic heterocycles. The molecule has 266 valence electrons. The van der Waals surface area contributed by atoms with Crippen LogP contribution < -0.4 is 9.64 Å². The molecule has 2 aliphatic heterocycles. The normalized spacial score (nSPS) is 21.1. The van der Waals surface area contributed by atoms with E-state index < -0.39 is 54.5 Å². The van der Waals surface area contributed by atoms with Crippen molar-refractivity contribution in [3.05, 3.63) is 70.6 Å². The molecule has 2 saturated heterocycles. The quantitative estimate of drug-likeness (QED) is 0.248. The monoisotopic (exact) mass is 705 g/mol. The Bertz CT molecular complexity index is 1910. The first kappa shape index (κ1) is 34.8. The van der Waals surface area contributed by atoms with Gasteiger partial charge in [-0.25, -0.2) is 14.6 Å². The first-order valence-corrected chi connectivity index (χ1v) is 15.7. The molecule has 3 aromatic rings. The van der Waals surface area contributed by atoms with E-state index in [1.54, 1.807) is 37.3 Å². The van der Waals surface area contributed by atoms with Crippen LogP contribution in [-0.2, 0) is 18.3 Å². The van der Waals surface area contributed by atoms with Crippen LogP contribution in [0.5, 0.6) is 5.75 Å². The van der Waals surface area contributed by atoms with Gasteiger partial charge in [-0.05, 0) is 68.7 Å². The lowest BCUT2D eigenvalue weighted by atomic mass is 9.86. The van der Waals surface area contributed by atoms with Gasteiger partial charge in [-0.1, -0.05) is 6.08 Å². The number of carboxylic acids is 1. The summed E-state index contributed by atoms with van der Waals surface area (Å²) in [5.74, 6) is -2.49. The Morgan fingerprint density at radius 3 is 2.40 bits per heavy atom. The fraction of sp³-hybridized carbons (Fsp3) is 0.412. The van der Waals surface area contributed by atoms with Crippen LogP contribution in [0.15, 0.2) is 53.6 Å². The Labute approximate surface area is 282 Å². The molecule has 16 heteroatoms. The summed E-state index contributed by atoms with van der Waals surface area (Å²) in [7, 11) is 2.99. The zero-order chi connectivity index (χ0) is 36.3. The largest absolute Gasteiger partial charge is 0.496 e. The van der Waals surface area contributed by atoms with Gasteiger partial charge in [0.25, 0.3) is 0 Å². The van der Waals surface area contributed by atoms with Crippen molar-refractivity contribution in [1.82, 2.24) is 19.7 Å². The Morgan fingerprint density at radius 2 is 1.82 bits per heavy atom. The first-order chi connectivity index (χ1) is 23.5. The van der Waals surface area contributed by atoms with Crippen molar-refractivity contribution >= 4 is 17.9 Å². The molecular weight excluding hydrogens is 672 g/mol. The molecule has 6 rings (SSSR count). The molecule has 50 heavy (non-hydrogen) atoms. The van der Waals surface area contributed by atoms with Gasteiger partial charge in [0.15, 0.2) is 0 Å². The van der Waals surface area contributed by atoms with E-state index >= 15 is 0 Å². The number of hydrogen-bond donors (Lipinski definition) is 1. The maximum atomic E-state index is 13.7. The molecule has 1 N–H and O–H groups in total. The Balaban J connectivity index is 1.40. The minimum absolute atomic E-state index is 0.0153. The van der Waals surface area contributed by atoms with E-state index in [9.17, 15) is 41.0 Å². The molecule has 4 heterocycles. The highest BCUT2D eigenvalue weighted by Gasteiger charge is 2.48. The highest BCUT2D eigenvalue weighted by atomic mass is 19.4. The van der Waals surface area contributed by atoms with Crippen molar-refractivity contribution in [3.63, 3.8) is 0 Å². The third-order valence-corrected chi connectivity index (χ3v) is 9.39. The number of carboxylic acid groups (broad SMARTS) is 1. The number of alkyl halides is 6. The van der Waals surface area contributed by atoms with Crippen LogP contribution in [0, 0.1) is 12.8 Å². The number of halogens is 6. The molecule has 0 saturated carbocycles. The van der Waals surface area contributed by atoms with E-state index in [2.05, 4.69) is 5.10 Å². The number of benzene rings is 1. The van der Waals surface area contributed by atoms with Gasteiger partial charge >= 0.3 is 24.4 Å². The van der Waals surface area contributed by atoms with E-state index in [-0.39, 0.29) is 17.8 Å². The van der Waals surface area contributed by atoms with Crippen LogP contribution >= 0.6 is 0 Å². The lowest BCUT2D eigenvalue weighted by Gasteiger charge is -2.33. The van der Waals surface area contributed by atoms with Crippen LogP contribution in [-0.4, -0.2) is 81.5 Å². The van der Waals surface area contributed by atoms with Gasteiger partial charge in [0.05, 0.1) is 37.0 Å². The van der Waals surface area contributed by atoms with Crippen LogP contribution in [0.4, 0.5) is 37.0 Å². The molecule has 1 amide bonds. The number of rotatable bonds is 8. The highest BCUT2D eigenvalue weighted by Crippen LogP contribution is 2.44. The van der Waals surface area contributed by atoms with Crippen LogP contribution in [0.3, 0.4) is 0 Å². The maximum Gasteiger partial charge on any atom is 0.412 e. The van der Waals surface area contributed by atoms with Crippen molar-refractivity contribution in [2.75, 3.05) is 25.1 Å². The number of pyridine rings is 1. The maximum absolute atomic E-state index is 13.7. The van der Waals surface area contributed by atoms with Crippen LogP contribution in [0.1, 0.15) is 41.5 Å². The van der Waals surface area contributed by atoms with E-state index in [0.717, 1.165) is 19.5 Å². The summed E-state index contributed by atoms with van der Waals surface area (Å²) in [6, 6.07) is 7.81. The number of amides is 1. The number of aromatic nitrogens is 3. The van der Waals surface area contributed by atoms with Gasteiger partial charge in [0, 0.05) is 48.0 Å². The van der Waals surface area contributed by atoms with Gasteiger partial charge in [-0.15, -0.1) is 0 Å². The topological polar surface area (TPSA) is 110 Å². The first-order valence-electron chi connectivity index (χ1n) is 15.7. The summed E-state index contributed by atoms with van der Waals surface area (Å²) in [5.41, 5.74) is 1.15. The van der Waals surface area contributed by atoms with E-state index in [1.807, 2.05) is 4.90 Å². The number of hydrogen-bond acceptors (Lipinski definition) is 7. The number of allylic oxidation sites excluding steroid dienone is 2. The minimum Gasteiger partial charge on any atom is -0.496 e. The molecule has 0 bridgehead atoms. The highest BCUT2D eigenvalue weighted by molar-refractivity contribution is 5.90. The second-order valence-electron chi connectivity index (χ2n) is 12.5. The van der Waals surface area contributed by atoms with E-state index in [0.29, 0.717) is 57.4 Å². The SMILES string of the molecule is COc1ccc(-c2nn(C)c(C(=O)O)c2C)cc1-c1ccc(N2CCC2)nc1CN1C(=O)O[C@H](C2=CC(C(F)(F)F)CC(C(F)(F)F)=C2)[C@@H]1C. The molecular formula is C34H33F6N5O5. The number of ether oxygens (including phenoxy) is 2. The second-order valence-corrected chi connectivity index (χ2v) is 12.5. The van der Waals surface area contributed by atoms with Crippen molar-refractivity contribution in [1.29, 1.82) is 0 Å². The van der Waals surface area contributed by atoms with Crippen molar-refractivity contribution < 1.29 is 50.5 Å². The number of anilines is 1. The number of nitrogens with zero attached hydrogens (tertiary/aromatic N) is 5. The molecule has 1 unspecified atom stereocenters. The average molecular weight is 706 g/mol. The van der Waals surface area contributed by atoms with Crippen LogP contribution in [0.25, 0.3) is 22.4 Å². The molecule has 3 atom stereocenters. The Morgan fingerprint density at radius 1 is 1.10 bits per heavy atom.